The Bertz CT molecular complexity index is 1050. The molecule has 2 aromatic rings. The number of benzene rings is 1. The zero-order valence-corrected chi connectivity index (χ0v) is 18.6. The molecule has 1 saturated heterocycles. The van der Waals surface area contributed by atoms with Gasteiger partial charge in [-0.3, -0.25) is 9.89 Å². The molecule has 1 fully saturated rings. The molecule has 1 aromatic carbocycles. The van der Waals surface area contributed by atoms with E-state index in [-0.39, 0.29) is 11.8 Å². The van der Waals surface area contributed by atoms with Crippen LogP contribution in [-0.2, 0) is 28.3 Å². The average molecular weight is 438 g/mol. The molecule has 0 saturated carbocycles. The summed E-state index contributed by atoms with van der Waals surface area (Å²) in [5, 5.41) is 9.77. The number of sulfonamides is 1. The Balaban J connectivity index is 1.52. The van der Waals surface area contributed by atoms with E-state index < -0.39 is 10.0 Å². The highest BCUT2D eigenvalue weighted by atomic mass is 32.2. The number of amides is 1. The maximum atomic E-state index is 12.9. The molecule has 0 unspecified atom stereocenters. The largest absolute Gasteiger partial charge is 0.355 e. The van der Waals surface area contributed by atoms with Crippen molar-refractivity contribution in [1.82, 2.24) is 24.4 Å². The maximum absolute atomic E-state index is 12.9. The van der Waals surface area contributed by atoms with Gasteiger partial charge in [-0.15, -0.1) is 0 Å². The fraction of sp³-hybridized carbons (Fsp3) is 0.526. The van der Waals surface area contributed by atoms with Gasteiger partial charge in [0.25, 0.3) is 0 Å². The predicted molar refractivity (Wildman–Crippen MR) is 113 cm³/mol. The third kappa shape index (κ3) is 4.76. The quantitative estimate of drug-likeness (QED) is 0.672. The van der Waals surface area contributed by atoms with Gasteiger partial charge >= 0.3 is 0 Å². The molecule has 0 bridgehead atoms. The van der Waals surface area contributed by atoms with E-state index in [1.807, 2.05) is 27.0 Å². The first-order chi connectivity index (χ1) is 13.7. The number of hydrogen-bond acceptors (Lipinski definition) is 5. The van der Waals surface area contributed by atoms with Gasteiger partial charge in [-0.05, 0) is 62.2 Å². The van der Waals surface area contributed by atoms with E-state index in [9.17, 15) is 13.2 Å². The van der Waals surface area contributed by atoms with Crippen LogP contribution in [0.25, 0.3) is 0 Å². The van der Waals surface area contributed by atoms with Crippen LogP contribution in [-0.4, -0.2) is 53.0 Å². The first kappa shape index (κ1) is 21.7. The summed E-state index contributed by atoms with van der Waals surface area (Å²) in [7, 11) is -1.70. The van der Waals surface area contributed by atoms with E-state index in [1.54, 1.807) is 16.7 Å². The number of rotatable bonds is 6. The van der Waals surface area contributed by atoms with Gasteiger partial charge in [-0.1, -0.05) is 6.07 Å². The SMILES string of the molecule is Cc1ccc(S(=O)(=O)N2CCC(C(=O)NCCc3n[nH]c(=S)n3C)CC2)cc1C. The molecule has 158 valence electrons. The highest BCUT2D eigenvalue weighted by Crippen LogP contribution is 2.25. The molecule has 1 aromatic heterocycles. The number of aryl methyl sites for hydroxylation is 2. The maximum Gasteiger partial charge on any atom is 0.243 e. The first-order valence-electron chi connectivity index (χ1n) is 9.65. The van der Waals surface area contributed by atoms with Crippen LogP contribution >= 0.6 is 12.2 Å². The number of hydrogen-bond donors (Lipinski definition) is 2. The molecule has 0 aliphatic carbocycles. The van der Waals surface area contributed by atoms with Crippen LogP contribution in [0, 0.1) is 24.5 Å². The smallest absolute Gasteiger partial charge is 0.243 e. The van der Waals surface area contributed by atoms with Crippen molar-refractivity contribution in [2.75, 3.05) is 19.6 Å². The Labute approximate surface area is 176 Å². The summed E-state index contributed by atoms with van der Waals surface area (Å²) in [4.78, 5) is 12.8. The summed E-state index contributed by atoms with van der Waals surface area (Å²) in [6.45, 7) is 5.02. The van der Waals surface area contributed by atoms with E-state index in [0.717, 1.165) is 17.0 Å². The Morgan fingerprint density at radius 1 is 1.28 bits per heavy atom. The molecule has 0 atom stereocenters. The highest BCUT2D eigenvalue weighted by molar-refractivity contribution is 7.89. The summed E-state index contributed by atoms with van der Waals surface area (Å²) in [6, 6.07) is 5.20. The summed E-state index contributed by atoms with van der Waals surface area (Å²) < 4.78 is 29.6. The van der Waals surface area contributed by atoms with Gasteiger partial charge in [0, 0.05) is 39.0 Å². The molecular weight excluding hydrogens is 410 g/mol. The Morgan fingerprint density at radius 3 is 2.55 bits per heavy atom. The Hall–Kier alpha value is -2.04. The third-order valence-electron chi connectivity index (χ3n) is 5.56. The van der Waals surface area contributed by atoms with Crippen LogP contribution in [0.1, 0.15) is 29.8 Å². The monoisotopic (exact) mass is 437 g/mol. The molecular formula is C19H27N5O3S2. The van der Waals surface area contributed by atoms with Crippen molar-refractivity contribution in [2.24, 2.45) is 13.0 Å². The van der Waals surface area contributed by atoms with Crippen LogP contribution in [0.2, 0.25) is 0 Å². The summed E-state index contributed by atoms with van der Waals surface area (Å²) in [6.07, 6.45) is 1.61. The van der Waals surface area contributed by atoms with Crippen molar-refractivity contribution in [3.05, 3.63) is 39.9 Å². The number of nitrogens with zero attached hydrogens (tertiary/aromatic N) is 3. The molecule has 1 amide bonds. The zero-order valence-electron chi connectivity index (χ0n) is 16.9. The fourth-order valence-corrected chi connectivity index (χ4v) is 5.13. The molecule has 1 aliphatic rings. The van der Waals surface area contributed by atoms with Crippen LogP contribution in [0.15, 0.2) is 23.1 Å². The van der Waals surface area contributed by atoms with E-state index in [2.05, 4.69) is 15.5 Å². The lowest BCUT2D eigenvalue weighted by Gasteiger charge is -2.30. The van der Waals surface area contributed by atoms with E-state index in [0.29, 0.717) is 48.6 Å². The number of carbonyl (C=O) groups is 1. The molecule has 0 spiro atoms. The molecule has 0 radical (unpaired) electrons. The topological polar surface area (TPSA) is 100 Å². The minimum absolute atomic E-state index is 0.0370. The summed E-state index contributed by atoms with van der Waals surface area (Å²) >= 11 is 5.07. The van der Waals surface area contributed by atoms with Crippen molar-refractivity contribution in [3.8, 4) is 0 Å². The number of aromatic nitrogens is 3. The number of piperidine rings is 1. The Morgan fingerprint density at radius 2 is 1.97 bits per heavy atom. The van der Waals surface area contributed by atoms with Crippen molar-refractivity contribution in [3.63, 3.8) is 0 Å². The number of nitrogens with one attached hydrogen (secondary N) is 2. The molecule has 2 N–H and O–H groups in total. The molecule has 8 nitrogen and oxygen atoms in total. The second-order valence-electron chi connectivity index (χ2n) is 7.47. The second kappa shape index (κ2) is 8.76. The van der Waals surface area contributed by atoms with E-state index >= 15 is 0 Å². The lowest BCUT2D eigenvalue weighted by Crippen LogP contribution is -2.43. The minimum atomic E-state index is -3.53. The highest BCUT2D eigenvalue weighted by Gasteiger charge is 2.32. The summed E-state index contributed by atoms with van der Waals surface area (Å²) in [5.41, 5.74) is 2.01. The van der Waals surface area contributed by atoms with Crippen molar-refractivity contribution in [2.45, 2.75) is 38.0 Å². The van der Waals surface area contributed by atoms with Crippen LogP contribution in [0.5, 0.6) is 0 Å². The van der Waals surface area contributed by atoms with E-state index in [1.165, 1.54) is 4.31 Å². The zero-order chi connectivity index (χ0) is 21.2. The lowest BCUT2D eigenvalue weighted by molar-refractivity contribution is -0.126. The van der Waals surface area contributed by atoms with Crippen molar-refractivity contribution in [1.29, 1.82) is 0 Å². The van der Waals surface area contributed by atoms with E-state index in [4.69, 9.17) is 12.2 Å². The second-order valence-corrected chi connectivity index (χ2v) is 9.79. The predicted octanol–water partition coefficient (Wildman–Crippen LogP) is 1.85. The number of aromatic amines is 1. The van der Waals surface area contributed by atoms with Gasteiger partial charge in [-0.25, -0.2) is 8.42 Å². The van der Waals surface area contributed by atoms with Crippen molar-refractivity contribution >= 4 is 28.1 Å². The normalized spacial score (nSPS) is 16.1. The van der Waals surface area contributed by atoms with Crippen LogP contribution in [0.3, 0.4) is 0 Å². The van der Waals surface area contributed by atoms with Crippen LogP contribution in [0.4, 0.5) is 0 Å². The third-order valence-corrected chi connectivity index (χ3v) is 7.82. The number of H-pyrrole nitrogens is 1. The van der Waals surface area contributed by atoms with Gasteiger partial charge in [0.05, 0.1) is 4.90 Å². The molecule has 10 heteroatoms. The van der Waals surface area contributed by atoms with Gasteiger partial charge in [0.15, 0.2) is 4.77 Å². The first-order valence-corrected chi connectivity index (χ1v) is 11.5. The molecule has 1 aliphatic heterocycles. The van der Waals surface area contributed by atoms with Gasteiger partial charge in [0.1, 0.15) is 5.82 Å². The lowest BCUT2D eigenvalue weighted by atomic mass is 9.97. The minimum Gasteiger partial charge on any atom is -0.355 e. The Kier molecular flexibility index (Phi) is 6.55. The van der Waals surface area contributed by atoms with Gasteiger partial charge in [-0.2, -0.15) is 9.40 Å². The molecule has 29 heavy (non-hydrogen) atoms. The molecule has 2 heterocycles. The van der Waals surface area contributed by atoms with Crippen LogP contribution < -0.4 is 5.32 Å². The molecule has 3 rings (SSSR count). The fourth-order valence-electron chi connectivity index (χ4n) is 3.43. The summed E-state index contributed by atoms with van der Waals surface area (Å²) in [5.74, 6) is 0.568. The number of carbonyl (C=O) groups excluding carboxylic acids is 1. The van der Waals surface area contributed by atoms with Crippen molar-refractivity contribution < 1.29 is 13.2 Å². The van der Waals surface area contributed by atoms with Gasteiger partial charge in [0.2, 0.25) is 15.9 Å². The average Bonchev–Trinajstić information content (AvgIpc) is 3.02. The van der Waals surface area contributed by atoms with Gasteiger partial charge < -0.3 is 9.88 Å². The standard InChI is InChI=1S/C19H27N5O3S2/c1-13-4-5-16(12-14(13)2)29(26,27)24-10-7-15(8-11-24)18(25)20-9-6-17-21-22-19(28)23(17)3/h4-5,12,15H,6-11H2,1-3H3,(H,20,25)(H,22,28).